The summed E-state index contributed by atoms with van der Waals surface area (Å²) >= 11 is 0. The van der Waals surface area contributed by atoms with Crippen LogP contribution >= 0.6 is 0 Å². The summed E-state index contributed by atoms with van der Waals surface area (Å²) in [6, 6.07) is 5.52. The van der Waals surface area contributed by atoms with Gasteiger partial charge in [0.25, 0.3) is 0 Å². The number of esters is 3. The zero-order valence-electron chi connectivity index (χ0n) is 29.3. The highest BCUT2D eigenvalue weighted by Gasteiger charge is 2.62. The fourth-order valence-corrected chi connectivity index (χ4v) is 7.15. The number of carbonyl (C=O) groups is 3. The third kappa shape index (κ3) is 6.66. The lowest BCUT2D eigenvalue weighted by Crippen LogP contribution is -2.63. The lowest BCUT2D eigenvalue weighted by atomic mass is 9.70. The number of carbonyl (C=O) groups excluding carboxylic acids is 3. The van der Waals surface area contributed by atoms with Gasteiger partial charge < -0.3 is 78.4 Å². The van der Waals surface area contributed by atoms with Crippen molar-refractivity contribution in [2.45, 2.75) is 67.6 Å². The quantitative estimate of drug-likeness (QED) is 0.114. The summed E-state index contributed by atoms with van der Waals surface area (Å²) < 4.78 is 50.0. The molecule has 0 aromatic heterocycles. The topological polar surface area (TPSA) is 276 Å². The lowest BCUT2D eigenvalue weighted by Gasteiger charge is -2.44. The van der Waals surface area contributed by atoms with E-state index >= 15 is 0 Å². The van der Waals surface area contributed by atoms with E-state index < -0.39 is 110 Å². The van der Waals surface area contributed by atoms with E-state index in [1.165, 1.54) is 51.7 Å². The molecule has 4 aliphatic rings. The van der Waals surface area contributed by atoms with Gasteiger partial charge in [-0.05, 0) is 35.4 Å². The largest absolute Gasteiger partial charge is 0.504 e. The van der Waals surface area contributed by atoms with Crippen molar-refractivity contribution in [2.24, 2.45) is 5.92 Å². The molecule has 3 saturated heterocycles. The van der Waals surface area contributed by atoms with E-state index in [9.17, 15) is 50.1 Å². The SMILES string of the molecule is COc1cc([C@@H]2c3c(cc(OC)c(O)c3OC)C=C3C(=O)OC[C@H]4O[C@@](CO)(O[C@H]5O[C@H](COC(C)=O)[C@@H](O)[C@H](O)[C@H]5O)[C@@H](OC(=O)[C@@H]32)[C@@H]4O)ccc1O. The number of methoxy groups -OCH3 is 3. The minimum atomic E-state index is -2.56. The third-order valence-electron chi connectivity index (χ3n) is 9.81. The van der Waals surface area contributed by atoms with Crippen LogP contribution in [0.5, 0.6) is 28.7 Å². The number of cyclic esters (lactones) is 1. The Morgan fingerprint density at radius 2 is 1.65 bits per heavy atom. The molecule has 0 unspecified atom stereocenters. The number of hydrogen-bond acceptors (Lipinski definition) is 19. The van der Waals surface area contributed by atoms with E-state index in [4.69, 9.17) is 42.6 Å². The van der Waals surface area contributed by atoms with Gasteiger partial charge >= 0.3 is 17.9 Å². The zero-order chi connectivity index (χ0) is 39.2. The molecule has 294 valence electrons. The van der Waals surface area contributed by atoms with E-state index in [1.807, 2.05) is 0 Å². The number of phenols is 2. The summed E-state index contributed by atoms with van der Waals surface area (Å²) in [5.74, 6) is -9.35. The molecule has 54 heavy (non-hydrogen) atoms. The Labute approximate surface area is 306 Å². The van der Waals surface area contributed by atoms with Crippen molar-refractivity contribution in [3.05, 3.63) is 46.5 Å². The number of rotatable bonds is 9. The van der Waals surface area contributed by atoms with E-state index in [0.29, 0.717) is 0 Å². The van der Waals surface area contributed by atoms with Gasteiger partial charge in [-0.1, -0.05) is 6.07 Å². The molecule has 3 aliphatic heterocycles. The van der Waals surface area contributed by atoms with Crippen molar-refractivity contribution >= 4 is 24.0 Å². The van der Waals surface area contributed by atoms with E-state index in [-0.39, 0.29) is 45.3 Å². The normalized spacial score (nSPS) is 33.3. The van der Waals surface area contributed by atoms with Crippen LogP contribution < -0.4 is 14.2 Å². The first-order valence-corrected chi connectivity index (χ1v) is 16.6. The summed E-state index contributed by atoms with van der Waals surface area (Å²) in [4.78, 5) is 40.0. The first-order chi connectivity index (χ1) is 25.7. The first-order valence-electron chi connectivity index (χ1n) is 16.6. The van der Waals surface area contributed by atoms with Gasteiger partial charge in [-0.25, -0.2) is 4.79 Å². The molecule has 1 aliphatic carbocycles. The van der Waals surface area contributed by atoms with Gasteiger partial charge in [0.15, 0.2) is 35.4 Å². The summed E-state index contributed by atoms with van der Waals surface area (Å²) in [5, 5.41) is 75.6. The average Bonchev–Trinajstić information content (AvgIpc) is 3.40. The van der Waals surface area contributed by atoms with Gasteiger partial charge in [-0.2, -0.15) is 0 Å². The Bertz CT molecular complexity index is 1810. The molecule has 2 aromatic rings. The van der Waals surface area contributed by atoms with Crippen LogP contribution in [0.4, 0.5) is 0 Å². The van der Waals surface area contributed by atoms with Crippen LogP contribution in [0.1, 0.15) is 29.5 Å². The van der Waals surface area contributed by atoms with Crippen molar-refractivity contribution in [3.8, 4) is 28.7 Å². The Morgan fingerprint density at radius 1 is 0.926 bits per heavy atom. The van der Waals surface area contributed by atoms with Crippen molar-refractivity contribution in [2.75, 3.05) is 41.2 Å². The van der Waals surface area contributed by atoms with Gasteiger partial charge in [0, 0.05) is 18.4 Å². The van der Waals surface area contributed by atoms with Crippen LogP contribution in [-0.2, 0) is 42.8 Å². The van der Waals surface area contributed by atoms with Crippen molar-refractivity contribution in [1.29, 1.82) is 0 Å². The molecular weight excluding hydrogens is 724 g/mol. The first kappa shape index (κ1) is 39.0. The van der Waals surface area contributed by atoms with Crippen LogP contribution in [0.3, 0.4) is 0 Å². The molecule has 0 radical (unpaired) electrons. The maximum atomic E-state index is 14.6. The highest BCUT2D eigenvalue weighted by Crippen LogP contribution is 2.54. The number of phenolic OH excluding ortho intramolecular Hbond substituents is 2. The fraction of sp³-hybridized carbons (Fsp3) is 0.514. The molecule has 11 atom stereocenters. The van der Waals surface area contributed by atoms with Crippen molar-refractivity contribution < 1.29 is 92.8 Å². The van der Waals surface area contributed by atoms with Gasteiger partial charge in [-0.3, -0.25) is 9.59 Å². The predicted octanol–water partition coefficient (Wildman–Crippen LogP) is -1.43. The number of aromatic hydroxyl groups is 2. The van der Waals surface area contributed by atoms with Crippen LogP contribution in [0, 0.1) is 5.92 Å². The molecule has 3 heterocycles. The number of fused-ring (bicyclic) bond motifs is 4. The molecule has 0 saturated carbocycles. The minimum Gasteiger partial charge on any atom is -0.504 e. The molecule has 19 nitrogen and oxygen atoms in total. The second-order valence-corrected chi connectivity index (χ2v) is 13.0. The van der Waals surface area contributed by atoms with Crippen LogP contribution in [0.15, 0.2) is 29.8 Å². The zero-order valence-corrected chi connectivity index (χ0v) is 29.3. The second kappa shape index (κ2) is 15.2. The molecule has 3 fully saturated rings. The summed E-state index contributed by atoms with van der Waals surface area (Å²) in [6.07, 6.45) is -13.1. The summed E-state index contributed by atoms with van der Waals surface area (Å²) in [5.41, 5.74) is 0.450. The molecule has 0 spiro atoms. The maximum Gasteiger partial charge on any atom is 0.335 e. The molecule has 6 rings (SSSR count). The fourth-order valence-electron chi connectivity index (χ4n) is 7.15. The number of aliphatic hydroxyl groups is 5. The van der Waals surface area contributed by atoms with Crippen LogP contribution in [-0.4, -0.2) is 150 Å². The lowest BCUT2D eigenvalue weighted by molar-refractivity contribution is -0.383. The highest BCUT2D eigenvalue weighted by molar-refractivity contribution is 6.02. The monoisotopic (exact) mass is 764 g/mol. The van der Waals surface area contributed by atoms with E-state index in [0.717, 1.165) is 6.92 Å². The van der Waals surface area contributed by atoms with Crippen molar-refractivity contribution in [1.82, 2.24) is 0 Å². The molecule has 0 amide bonds. The average molecular weight is 765 g/mol. The standard InChI is InChI=1S/C35H40O19/c1-13(37)49-10-20-25(39)28(42)29(43)34(51-20)54-35(12-36)31-27(41)21(53-35)11-50-32(44)16-7-15-9-19(47-3)26(40)30(48-4)23(15)22(24(16)33(45)52-31)14-5-6-17(38)18(8-14)46-2/h5-9,20-22,24-25,27-29,31,34,36,38-43H,10-12H2,1-4H3/t20-,21-,22-,24+,25-,27-,28+,29-,31+,34-,35+/m1/s1. The Kier molecular flexibility index (Phi) is 11.0. The second-order valence-electron chi connectivity index (χ2n) is 13.0. The minimum absolute atomic E-state index is 0.0156. The van der Waals surface area contributed by atoms with Gasteiger partial charge in [-0.15, -0.1) is 0 Å². The molecule has 2 aromatic carbocycles. The Hall–Kier alpha value is -4.73. The van der Waals surface area contributed by atoms with Crippen molar-refractivity contribution in [3.63, 3.8) is 0 Å². The Morgan fingerprint density at radius 3 is 2.30 bits per heavy atom. The summed E-state index contributed by atoms with van der Waals surface area (Å²) in [7, 11) is 3.85. The number of aliphatic hydroxyl groups excluding tert-OH is 5. The van der Waals surface area contributed by atoms with E-state index in [2.05, 4.69) is 0 Å². The number of ether oxygens (including phenoxy) is 9. The molecule has 7 N–H and O–H groups in total. The smallest absolute Gasteiger partial charge is 0.335 e. The van der Waals surface area contributed by atoms with Crippen LogP contribution in [0.25, 0.3) is 6.08 Å². The molecule has 2 bridgehead atoms. The van der Waals surface area contributed by atoms with Gasteiger partial charge in [0.1, 0.15) is 62.4 Å². The summed E-state index contributed by atoms with van der Waals surface area (Å²) in [6.45, 7) is -1.35. The number of hydrogen-bond donors (Lipinski definition) is 7. The number of benzene rings is 2. The third-order valence-corrected chi connectivity index (χ3v) is 9.81. The molecule has 19 heteroatoms. The highest BCUT2D eigenvalue weighted by atomic mass is 16.8. The van der Waals surface area contributed by atoms with Crippen LogP contribution in [0.2, 0.25) is 0 Å². The predicted molar refractivity (Wildman–Crippen MR) is 175 cm³/mol. The van der Waals surface area contributed by atoms with E-state index in [1.54, 1.807) is 0 Å². The maximum absolute atomic E-state index is 14.6. The Balaban J connectivity index is 1.45. The van der Waals surface area contributed by atoms with Gasteiger partial charge in [0.2, 0.25) is 11.5 Å². The molecular formula is C35H40O19. The van der Waals surface area contributed by atoms with Gasteiger partial charge in [0.05, 0.1) is 26.9 Å².